The Hall–Kier alpha value is -3.05. The highest BCUT2D eigenvalue weighted by Gasteiger charge is 2.47. The first-order valence-corrected chi connectivity index (χ1v) is 12.9. The van der Waals surface area contributed by atoms with Crippen LogP contribution in [0.25, 0.3) is 21.9 Å². The molecule has 10 atom stereocenters. The molecule has 2 aromatic carbocycles. The molecule has 0 radical (unpaired) electrons. The maximum atomic E-state index is 13.3. The Bertz CT molecular complexity index is 1440. The summed E-state index contributed by atoms with van der Waals surface area (Å²) in [5.41, 5.74) is 0.0420. The third-order valence-electron chi connectivity index (χ3n) is 7.30. The van der Waals surface area contributed by atoms with Crippen LogP contribution in [0.5, 0.6) is 17.2 Å². The summed E-state index contributed by atoms with van der Waals surface area (Å²) < 4.78 is 39.4. The van der Waals surface area contributed by atoms with E-state index in [1.54, 1.807) is 24.3 Å². The van der Waals surface area contributed by atoms with Crippen LogP contribution in [0.1, 0.15) is 6.92 Å². The Balaban J connectivity index is 1.43. The van der Waals surface area contributed by atoms with Crippen molar-refractivity contribution in [1.29, 1.82) is 0 Å². The molecule has 0 unspecified atom stereocenters. The van der Waals surface area contributed by atoms with Gasteiger partial charge in [0, 0.05) is 0 Å². The van der Waals surface area contributed by atoms with E-state index < -0.39 is 68.0 Å². The van der Waals surface area contributed by atoms with Crippen molar-refractivity contribution in [3.63, 3.8) is 0 Å². The molecule has 2 fully saturated rings. The standard InChI is InChI=1S/C27H32O14/c1-10-16(28)19(31)21(33)26(38-10)37-9-15-18(30)20(32)22(34)27(41-15)40-14-8-12-17(29)11-6-4-5-7-13(11)39-23(12)25(36-3)24(14)35-2/h4-8,10,15-16,18-22,26-28,30-34H,9H2,1-3H3/t10-,15+,16-,18-,19+,20-,21+,22+,26+,27+/m0/s1. The normalized spacial score (nSPS) is 34.1. The minimum atomic E-state index is -1.76. The molecule has 6 N–H and O–H groups in total. The largest absolute Gasteiger partial charge is 0.490 e. The zero-order valence-corrected chi connectivity index (χ0v) is 22.3. The van der Waals surface area contributed by atoms with Gasteiger partial charge in [-0.2, -0.15) is 0 Å². The maximum absolute atomic E-state index is 13.3. The molecule has 1 aromatic heterocycles. The van der Waals surface area contributed by atoms with Crippen molar-refractivity contribution >= 4 is 21.9 Å². The molecule has 3 aromatic rings. The Morgan fingerprint density at radius 3 is 2.15 bits per heavy atom. The molecule has 0 amide bonds. The molecule has 14 nitrogen and oxygen atoms in total. The quantitative estimate of drug-likeness (QED) is 0.185. The van der Waals surface area contributed by atoms with Crippen LogP contribution in [0.15, 0.2) is 39.5 Å². The second-order valence-corrected chi connectivity index (χ2v) is 9.89. The summed E-state index contributed by atoms with van der Waals surface area (Å²) in [5, 5.41) is 62.2. The summed E-state index contributed by atoms with van der Waals surface area (Å²) >= 11 is 0. The van der Waals surface area contributed by atoms with E-state index in [-0.39, 0.29) is 33.6 Å². The van der Waals surface area contributed by atoms with Gasteiger partial charge in [-0.05, 0) is 25.1 Å². The average Bonchev–Trinajstić information content (AvgIpc) is 2.97. The van der Waals surface area contributed by atoms with Crippen molar-refractivity contribution in [2.45, 2.75) is 68.3 Å². The smallest absolute Gasteiger partial charge is 0.229 e. The zero-order valence-electron chi connectivity index (χ0n) is 22.3. The number of hydrogen-bond donors (Lipinski definition) is 6. The summed E-state index contributed by atoms with van der Waals surface area (Å²) in [7, 11) is 2.67. The van der Waals surface area contributed by atoms with Crippen LogP contribution in [-0.2, 0) is 14.2 Å². The first-order chi connectivity index (χ1) is 19.6. The van der Waals surface area contributed by atoms with E-state index in [1.165, 1.54) is 27.2 Å². The summed E-state index contributed by atoms with van der Waals surface area (Å²) in [6.07, 6.45) is -14.8. The SMILES string of the molecule is COc1c(O[C@@H]2O[C@H](CO[C@@H]3O[C@@H](C)[C@H](O)[C@@H](O)[C@H]3O)[C@H](O)[C@H](O)[C@H]2O)cc2c(=O)c3ccccc3oc2c1OC. The van der Waals surface area contributed by atoms with Crippen LogP contribution in [-0.4, -0.2) is 113 Å². The molecule has 2 aliphatic heterocycles. The lowest BCUT2D eigenvalue weighted by atomic mass is 9.98. The van der Waals surface area contributed by atoms with Gasteiger partial charge in [0.25, 0.3) is 0 Å². The Morgan fingerprint density at radius 1 is 0.780 bits per heavy atom. The van der Waals surface area contributed by atoms with Gasteiger partial charge in [0.05, 0.1) is 37.7 Å². The number of methoxy groups -OCH3 is 2. The zero-order chi connectivity index (χ0) is 29.6. The van der Waals surface area contributed by atoms with Crippen molar-refractivity contribution in [2.24, 2.45) is 0 Å². The van der Waals surface area contributed by atoms with E-state index in [0.29, 0.717) is 11.0 Å². The van der Waals surface area contributed by atoms with Gasteiger partial charge < -0.3 is 63.5 Å². The minimum Gasteiger partial charge on any atom is -0.490 e. The van der Waals surface area contributed by atoms with Crippen LogP contribution in [0.4, 0.5) is 0 Å². The van der Waals surface area contributed by atoms with Crippen LogP contribution in [0.3, 0.4) is 0 Å². The van der Waals surface area contributed by atoms with E-state index in [1.807, 2.05) is 0 Å². The van der Waals surface area contributed by atoms with Crippen LogP contribution in [0.2, 0.25) is 0 Å². The summed E-state index contributed by atoms with van der Waals surface area (Å²) in [6, 6.07) is 7.96. The molecular weight excluding hydrogens is 548 g/mol. The van der Waals surface area contributed by atoms with E-state index in [4.69, 9.17) is 32.8 Å². The van der Waals surface area contributed by atoms with Crippen molar-refractivity contribution in [1.82, 2.24) is 0 Å². The second-order valence-electron chi connectivity index (χ2n) is 9.89. The van der Waals surface area contributed by atoms with Crippen LogP contribution in [0, 0.1) is 0 Å². The number of ether oxygens (including phenoxy) is 6. The van der Waals surface area contributed by atoms with Gasteiger partial charge >= 0.3 is 0 Å². The number of rotatable bonds is 7. The van der Waals surface area contributed by atoms with Gasteiger partial charge in [0.15, 0.2) is 17.6 Å². The lowest BCUT2D eigenvalue weighted by molar-refractivity contribution is -0.318. The molecule has 0 aliphatic carbocycles. The third-order valence-corrected chi connectivity index (χ3v) is 7.30. The molecular formula is C27H32O14. The molecule has 3 heterocycles. The monoisotopic (exact) mass is 580 g/mol. The Labute approximate surface area is 232 Å². The molecule has 224 valence electrons. The minimum absolute atomic E-state index is 0.00269. The highest BCUT2D eigenvalue weighted by atomic mass is 16.7. The predicted octanol–water partition coefficient (Wildman–Crippen LogP) is -1.01. The van der Waals surface area contributed by atoms with Gasteiger partial charge in [0.2, 0.25) is 23.2 Å². The number of fused-ring (bicyclic) bond motifs is 2. The fraction of sp³-hybridized carbons (Fsp3) is 0.519. The third kappa shape index (κ3) is 5.22. The van der Waals surface area contributed by atoms with Gasteiger partial charge in [-0.1, -0.05) is 12.1 Å². The van der Waals surface area contributed by atoms with E-state index in [2.05, 4.69) is 0 Å². The van der Waals surface area contributed by atoms with Crippen LogP contribution >= 0.6 is 0 Å². The lowest BCUT2D eigenvalue weighted by Gasteiger charge is -2.42. The first kappa shape index (κ1) is 29.4. The number of benzene rings is 2. The highest BCUT2D eigenvalue weighted by Crippen LogP contribution is 2.44. The summed E-state index contributed by atoms with van der Waals surface area (Å²) in [4.78, 5) is 13.3. The van der Waals surface area contributed by atoms with Gasteiger partial charge in [-0.15, -0.1) is 0 Å². The van der Waals surface area contributed by atoms with Gasteiger partial charge in [-0.3, -0.25) is 4.79 Å². The number of aliphatic hydroxyl groups is 6. The van der Waals surface area contributed by atoms with Crippen molar-refractivity contribution in [3.05, 3.63) is 40.6 Å². The molecule has 0 spiro atoms. The van der Waals surface area contributed by atoms with Gasteiger partial charge in [0.1, 0.15) is 48.3 Å². The Morgan fingerprint density at radius 2 is 1.44 bits per heavy atom. The average molecular weight is 581 g/mol. The number of aliphatic hydroxyl groups excluding tert-OH is 6. The molecule has 41 heavy (non-hydrogen) atoms. The van der Waals surface area contributed by atoms with E-state index in [0.717, 1.165) is 0 Å². The van der Waals surface area contributed by atoms with Crippen molar-refractivity contribution in [3.8, 4) is 17.2 Å². The van der Waals surface area contributed by atoms with Crippen LogP contribution < -0.4 is 19.6 Å². The lowest BCUT2D eigenvalue weighted by Crippen LogP contribution is -2.61. The number of para-hydroxylation sites is 1. The topological polar surface area (TPSA) is 207 Å². The van der Waals surface area contributed by atoms with E-state index in [9.17, 15) is 35.4 Å². The van der Waals surface area contributed by atoms with Gasteiger partial charge in [-0.25, -0.2) is 0 Å². The maximum Gasteiger partial charge on any atom is 0.229 e. The summed E-state index contributed by atoms with van der Waals surface area (Å²) in [6.45, 7) is 0.997. The number of hydrogen-bond acceptors (Lipinski definition) is 14. The highest BCUT2D eigenvalue weighted by molar-refractivity contribution is 5.95. The Kier molecular flexibility index (Phi) is 8.39. The molecule has 2 saturated heterocycles. The van der Waals surface area contributed by atoms with Crippen molar-refractivity contribution in [2.75, 3.05) is 20.8 Å². The summed E-state index contributed by atoms with van der Waals surface area (Å²) in [5.74, 6) is -0.0569. The molecule has 0 bridgehead atoms. The molecule has 14 heteroatoms. The van der Waals surface area contributed by atoms with E-state index >= 15 is 0 Å². The van der Waals surface area contributed by atoms with Crippen molar-refractivity contribution < 1.29 is 63.5 Å². The first-order valence-electron chi connectivity index (χ1n) is 12.9. The molecule has 2 aliphatic rings. The second kappa shape index (κ2) is 11.7. The fourth-order valence-electron chi connectivity index (χ4n) is 4.95. The fourth-order valence-corrected chi connectivity index (χ4v) is 4.95. The molecule has 0 saturated carbocycles. The predicted molar refractivity (Wildman–Crippen MR) is 139 cm³/mol. The molecule has 5 rings (SSSR count).